The Balaban J connectivity index is 3.28. The molecule has 0 radical (unpaired) electrons. The summed E-state index contributed by atoms with van der Waals surface area (Å²) in [6, 6.07) is 0. The SMILES string of the molecule is C=C(Cl)CCC(=C)CBr. The van der Waals surface area contributed by atoms with Crippen molar-refractivity contribution in [3.63, 3.8) is 0 Å². The highest BCUT2D eigenvalue weighted by atomic mass is 79.9. The van der Waals surface area contributed by atoms with Crippen molar-refractivity contribution in [1.82, 2.24) is 0 Å². The largest absolute Gasteiger partial charge is 0.0990 e. The summed E-state index contributed by atoms with van der Waals surface area (Å²) in [6.45, 7) is 7.37. The molecule has 0 aliphatic carbocycles. The van der Waals surface area contributed by atoms with Crippen LogP contribution >= 0.6 is 27.5 Å². The zero-order valence-electron chi connectivity index (χ0n) is 5.29. The van der Waals surface area contributed by atoms with E-state index in [-0.39, 0.29) is 0 Å². The molecule has 0 bridgehead atoms. The van der Waals surface area contributed by atoms with E-state index in [1.54, 1.807) is 0 Å². The van der Waals surface area contributed by atoms with Crippen LogP contribution in [0.3, 0.4) is 0 Å². The topological polar surface area (TPSA) is 0 Å². The van der Waals surface area contributed by atoms with Crippen LogP contribution in [0.1, 0.15) is 12.8 Å². The molecule has 0 aliphatic heterocycles. The minimum atomic E-state index is 0.706. The van der Waals surface area contributed by atoms with E-state index in [9.17, 15) is 0 Å². The van der Waals surface area contributed by atoms with E-state index in [4.69, 9.17) is 11.6 Å². The van der Waals surface area contributed by atoms with E-state index in [1.165, 1.54) is 0 Å². The molecule has 0 atom stereocenters. The lowest BCUT2D eigenvalue weighted by Gasteiger charge is -1.97. The molecule has 9 heavy (non-hydrogen) atoms. The number of allylic oxidation sites excluding steroid dienone is 2. The molecule has 0 saturated heterocycles. The Morgan fingerprint density at radius 1 is 1.33 bits per heavy atom. The van der Waals surface area contributed by atoms with Crippen molar-refractivity contribution in [3.05, 3.63) is 23.8 Å². The molecule has 52 valence electrons. The van der Waals surface area contributed by atoms with Crippen molar-refractivity contribution in [2.45, 2.75) is 12.8 Å². The Hall–Kier alpha value is 0.250. The van der Waals surface area contributed by atoms with Crippen LogP contribution in [0.4, 0.5) is 0 Å². The van der Waals surface area contributed by atoms with E-state index in [2.05, 4.69) is 29.1 Å². The van der Waals surface area contributed by atoms with Crippen molar-refractivity contribution in [3.8, 4) is 0 Å². The fourth-order valence-electron chi connectivity index (χ4n) is 0.379. The predicted molar refractivity (Wildman–Crippen MR) is 47.2 cm³/mol. The van der Waals surface area contributed by atoms with Gasteiger partial charge in [-0.15, -0.1) is 0 Å². The van der Waals surface area contributed by atoms with Crippen LogP contribution in [-0.2, 0) is 0 Å². The first-order valence-corrected chi connectivity index (χ1v) is 4.22. The first-order valence-electron chi connectivity index (χ1n) is 2.72. The van der Waals surface area contributed by atoms with Gasteiger partial charge in [0.1, 0.15) is 0 Å². The van der Waals surface area contributed by atoms with Crippen LogP contribution in [0.5, 0.6) is 0 Å². The minimum absolute atomic E-state index is 0.706. The molecule has 0 aliphatic rings. The van der Waals surface area contributed by atoms with Gasteiger partial charge in [-0.25, -0.2) is 0 Å². The third kappa shape index (κ3) is 6.13. The summed E-state index contributed by atoms with van der Waals surface area (Å²) < 4.78 is 0. The summed E-state index contributed by atoms with van der Waals surface area (Å²) in [4.78, 5) is 0. The first kappa shape index (κ1) is 9.25. The average Bonchev–Trinajstić information content (AvgIpc) is 1.83. The highest BCUT2D eigenvalue weighted by molar-refractivity contribution is 9.09. The van der Waals surface area contributed by atoms with Gasteiger partial charge in [-0.05, 0) is 12.8 Å². The number of hydrogen-bond acceptors (Lipinski definition) is 0. The van der Waals surface area contributed by atoms with Crippen LogP contribution < -0.4 is 0 Å². The van der Waals surface area contributed by atoms with Crippen molar-refractivity contribution in [1.29, 1.82) is 0 Å². The molecule has 2 heteroatoms. The minimum Gasteiger partial charge on any atom is -0.0990 e. The summed E-state index contributed by atoms with van der Waals surface area (Å²) in [5.41, 5.74) is 1.16. The normalized spacial score (nSPS) is 9.11. The fourth-order valence-corrected chi connectivity index (χ4v) is 0.754. The zero-order chi connectivity index (χ0) is 7.28. The van der Waals surface area contributed by atoms with Gasteiger partial charge in [-0.1, -0.05) is 46.3 Å². The fraction of sp³-hybridized carbons (Fsp3) is 0.429. The number of halogens is 2. The molecule has 0 heterocycles. The van der Waals surface area contributed by atoms with Crippen molar-refractivity contribution >= 4 is 27.5 Å². The third-order valence-corrected chi connectivity index (χ3v) is 1.92. The van der Waals surface area contributed by atoms with Gasteiger partial charge in [-0.3, -0.25) is 0 Å². The molecule has 0 saturated carbocycles. The molecule has 0 amide bonds. The van der Waals surface area contributed by atoms with Crippen molar-refractivity contribution in [2.24, 2.45) is 0 Å². The van der Waals surface area contributed by atoms with Crippen LogP contribution in [-0.4, -0.2) is 5.33 Å². The molecule has 0 fully saturated rings. The molecular weight excluding hydrogens is 199 g/mol. The molecule has 0 nitrogen and oxygen atoms in total. The van der Waals surface area contributed by atoms with Gasteiger partial charge in [0.05, 0.1) is 0 Å². The summed E-state index contributed by atoms with van der Waals surface area (Å²) >= 11 is 8.82. The molecule has 0 unspecified atom stereocenters. The van der Waals surface area contributed by atoms with Crippen LogP contribution in [0.2, 0.25) is 0 Å². The van der Waals surface area contributed by atoms with Gasteiger partial charge in [0, 0.05) is 10.4 Å². The number of hydrogen-bond donors (Lipinski definition) is 0. The van der Waals surface area contributed by atoms with Gasteiger partial charge in [0.2, 0.25) is 0 Å². The second kappa shape index (κ2) is 5.07. The van der Waals surface area contributed by atoms with Crippen molar-refractivity contribution < 1.29 is 0 Å². The van der Waals surface area contributed by atoms with E-state index in [0.717, 1.165) is 23.7 Å². The van der Waals surface area contributed by atoms with Gasteiger partial charge in [-0.2, -0.15) is 0 Å². The van der Waals surface area contributed by atoms with Gasteiger partial charge in [0.15, 0.2) is 0 Å². The van der Waals surface area contributed by atoms with Crippen LogP contribution in [0.15, 0.2) is 23.8 Å². The summed E-state index contributed by atoms with van der Waals surface area (Å²) in [5, 5.41) is 1.56. The maximum Gasteiger partial charge on any atom is 0.0239 e. The molecule has 0 aromatic carbocycles. The number of alkyl halides is 1. The highest BCUT2D eigenvalue weighted by Crippen LogP contribution is 2.12. The molecule has 0 spiro atoms. The molecular formula is C7H10BrCl. The molecule has 0 aromatic heterocycles. The monoisotopic (exact) mass is 208 g/mol. The van der Waals surface area contributed by atoms with E-state index < -0.39 is 0 Å². The Kier molecular flexibility index (Phi) is 5.21. The van der Waals surface area contributed by atoms with Gasteiger partial charge < -0.3 is 0 Å². The summed E-state index contributed by atoms with van der Waals surface area (Å²) in [7, 11) is 0. The second-order valence-corrected chi connectivity index (χ2v) is 3.00. The zero-order valence-corrected chi connectivity index (χ0v) is 7.63. The van der Waals surface area contributed by atoms with E-state index in [0.29, 0.717) is 5.03 Å². The van der Waals surface area contributed by atoms with Crippen molar-refractivity contribution in [2.75, 3.05) is 5.33 Å². The maximum atomic E-state index is 5.53. The van der Waals surface area contributed by atoms with Crippen LogP contribution in [0, 0.1) is 0 Å². The Labute approximate surface area is 69.7 Å². The lowest BCUT2D eigenvalue weighted by molar-refractivity contribution is 0.979. The first-order chi connectivity index (χ1) is 4.16. The summed E-state index contributed by atoms with van der Waals surface area (Å²) in [5.74, 6) is 0. The van der Waals surface area contributed by atoms with E-state index in [1.807, 2.05) is 0 Å². The summed E-state index contributed by atoms with van der Waals surface area (Å²) in [6.07, 6.45) is 1.78. The Bertz CT molecular complexity index is 118. The standard InChI is InChI=1S/C7H10BrCl/c1-6(5-8)3-4-7(2)9/h1-5H2. The average molecular weight is 210 g/mol. The molecule has 0 rings (SSSR count). The second-order valence-electron chi connectivity index (χ2n) is 1.90. The Morgan fingerprint density at radius 3 is 2.22 bits per heavy atom. The van der Waals surface area contributed by atoms with Gasteiger partial charge >= 0.3 is 0 Å². The van der Waals surface area contributed by atoms with E-state index >= 15 is 0 Å². The highest BCUT2D eigenvalue weighted by Gasteiger charge is 1.92. The quantitative estimate of drug-likeness (QED) is 0.491. The maximum absolute atomic E-state index is 5.53. The number of rotatable bonds is 4. The smallest absolute Gasteiger partial charge is 0.0239 e. The lowest BCUT2D eigenvalue weighted by Crippen LogP contribution is -1.81. The Morgan fingerprint density at radius 2 is 1.89 bits per heavy atom. The van der Waals surface area contributed by atoms with Gasteiger partial charge in [0.25, 0.3) is 0 Å². The predicted octanol–water partition coefficient (Wildman–Crippen LogP) is 3.47. The molecule has 0 aromatic rings. The lowest BCUT2D eigenvalue weighted by atomic mass is 10.2. The molecule has 0 N–H and O–H groups in total. The van der Waals surface area contributed by atoms with Crippen LogP contribution in [0.25, 0.3) is 0 Å². The third-order valence-electron chi connectivity index (χ3n) is 0.939.